The van der Waals surface area contributed by atoms with E-state index in [2.05, 4.69) is 5.32 Å². The molecule has 0 aromatic rings. The van der Waals surface area contributed by atoms with Gasteiger partial charge in [0.25, 0.3) is 0 Å². The molecular formula is C13H26ClN3O2. The molecule has 0 aliphatic carbocycles. The van der Waals surface area contributed by atoms with Crippen molar-refractivity contribution in [1.29, 1.82) is 0 Å². The summed E-state index contributed by atoms with van der Waals surface area (Å²) < 4.78 is 0. The first-order chi connectivity index (χ1) is 8.32. The van der Waals surface area contributed by atoms with E-state index in [0.29, 0.717) is 25.3 Å². The lowest BCUT2D eigenvalue weighted by Gasteiger charge is -2.22. The standard InChI is InChI=1S/C13H25N3O2.ClH/c1-8(2)7-10(14)12(17)15-11-5-6-16(9(3)4)13(11)18;/h8-11H,5-7,14H2,1-4H3,(H,15,17);1H/t10-,11?;/m0./s1. The molecule has 1 aliphatic heterocycles. The summed E-state index contributed by atoms with van der Waals surface area (Å²) in [6, 6.07) is -0.729. The molecule has 19 heavy (non-hydrogen) atoms. The molecule has 1 saturated heterocycles. The van der Waals surface area contributed by atoms with Crippen molar-refractivity contribution >= 4 is 24.2 Å². The predicted octanol–water partition coefficient (Wildman–Crippen LogP) is 0.907. The quantitative estimate of drug-likeness (QED) is 0.790. The fourth-order valence-electron chi connectivity index (χ4n) is 2.24. The summed E-state index contributed by atoms with van der Waals surface area (Å²) in [5.41, 5.74) is 5.80. The highest BCUT2D eigenvalue weighted by Crippen LogP contribution is 2.14. The molecule has 0 saturated carbocycles. The van der Waals surface area contributed by atoms with Gasteiger partial charge in [0.2, 0.25) is 11.8 Å². The lowest BCUT2D eigenvalue weighted by Crippen LogP contribution is -2.49. The average Bonchev–Trinajstić information content (AvgIpc) is 2.59. The number of halogens is 1. The summed E-state index contributed by atoms with van der Waals surface area (Å²) in [6.07, 6.45) is 1.32. The van der Waals surface area contributed by atoms with Crippen LogP contribution in [0.25, 0.3) is 0 Å². The number of nitrogens with one attached hydrogen (secondary N) is 1. The molecule has 0 radical (unpaired) electrons. The molecule has 1 aliphatic rings. The summed E-state index contributed by atoms with van der Waals surface area (Å²) in [4.78, 5) is 25.6. The van der Waals surface area contributed by atoms with Crippen molar-refractivity contribution in [2.45, 2.75) is 58.7 Å². The third-order valence-electron chi connectivity index (χ3n) is 3.24. The first-order valence-corrected chi connectivity index (χ1v) is 6.69. The molecule has 112 valence electrons. The molecule has 1 unspecified atom stereocenters. The van der Waals surface area contributed by atoms with Crippen LogP contribution in [-0.4, -0.2) is 41.4 Å². The Bertz CT molecular complexity index is 321. The van der Waals surface area contributed by atoms with E-state index in [1.54, 1.807) is 4.90 Å². The van der Waals surface area contributed by atoms with Gasteiger partial charge in [-0.1, -0.05) is 13.8 Å². The number of likely N-dealkylation sites (tertiary alicyclic amines) is 1. The number of carbonyl (C=O) groups is 2. The molecule has 5 nitrogen and oxygen atoms in total. The van der Waals surface area contributed by atoms with Gasteiger partial charge in [-0.3, -0.25) is 9.59 Å². The van der Waals surface area contributed by atoms with Gasteiger partial charge in [-0.05, 0) is 32.6 Å². The Morgan fingerprint density at radius 2 is 2.00 bits per heavy atom. The second-order valence-electron chi connectivity index (χ2n) is 5.71. The van der Waals surface area contributed by atoms with Crippen LogP contribution in [-0.2, 0) is 9.59 Å². The van der Waals surface area contributed by atoms with Crippen LogP contribution in [0.5, 0.6) is 0 Å². The van der Waals surface area contributed by atoms with E-state index < -0.39 is 12.1 Å². The van der Waals surface area contributed by atoms with Gasteiger partial charge >= 0.3 is 0 Å². The van der Waals surface area contributed by atoms with Gasteiger partial charge in [-0.15, -0.1) is 12.4 Å². The van der Waals surface area contributed by atoms with Crippen molar-refractivity contribution in [3.8, 4) is 0 Å². The number of nitrogens with zero attached hydrogens (tertiary/aromatic N) is 1. The van der Waals surface area contributed by atoms with Crippen molar-refractivity contribution < 1.29 is 9.59 Å². The largest absolute Gasteiger partial charge is 0.343 e. The molecule has 1 rings (SSSR count). The summed E-state index contributed by atoms with van der Waals surface area (Å²) >= 11 is 0. The molecular weight excluding hydrogens is 266 g/mol. The van der Waals surface area contributed by atoms with Gasteiger partial charge in [0.1, 0.15) is 6.04 Å². The molecule has 3 N–H and O–H groups in total. The van der Waals surface area contributed by atoms with Crippen molar-refractivity contribution in [1.82, 2.24) is 10.2 Å². The zero-order valence-electron chi connectivity index (χ0n) is 12.2. The Balaban J connectivity index is 0.00000324. The first-order valence-electron chi connectivity index (χ1n) is 6.69. The molecule has 0 spiro atoms. The second-order valence-corrected chi connectivity index (χ2v) is 5.71. The fraction of sp³-hybridized carbons (Fsp3) is 0.846. The topological polar surface area (TPSA) is 75.4 Å². The Kier molecular flexibility index (Phi) is 7.37. The fourth-order valence-corrected chi connectivity index (χ4v) is 2.24. The molecule has 0 aromatic carbocycles. The van der Waals surface area contributed by atoms with E-state index in [0.717, 1.165) is 0 Å². The Morgan fingerprint density at radius 3 is 2.42 bits per heavy atom. The van der Waals surface area contributed by atoms with E-state index in [4.69, 9.17) is 5.73 Å². The van der Waals surface area contributed by atoms with E-state index in [1.807, 2.05) is 27.7 Å². The Labute approximate surface area is 121 Å². The molecule has 1 heterocycles. The van der Waals surface area contributed by atoms with Crippen molar-refractivity contribution in [2.24, 2.45) is 11.7 Å². The van der Waals surface area contributed by atoms with Crippen LogP contribution in [0, 0.1) is 5.92 Å². The van der Waals surface area contributed by atoms with Crippen LogP contribution >= 0.6 is 12.4 Å². The van der Waals surface area contributed by atoms with Gasteiger partial charge in [-0.2, -0.15) is 0 Å². The number of nitrogens with two attached hydrogens (primary N) is 1. The second kappa shape index (κ2) is 7.70. The number of rotatable bonds is 5. The lowest BCUT2D eigenvalue weighted by atomic mass is 10.0. The van der Waals surface area contributed by atoms with E-state index >= 15 is 0 Å². The summed E-state index contributed by atoms with van der Waals surface area (Å²) in [6.45, 7) is 8.71. The van der Waals surface area contributed by atoms with Crippen molar-refractivity contribution in [2.75, 3.05) is 6.54 Å². The predicted molar refractivity (Wildman–Crippen MR) is 78.1 cm³/mol. The molecule has 0 bridgehead atoms. The van der Waals surface area contributed by atoms with Crippen LogP contribution < -0.4 is 11.1 Å². The zero-order chi connectivity index (χ0) is 13.9. The highest BCUT2D eigenvalue weighted by atomic mass is 35.5. The molecule has 0 aromatic heterocycles. The third-order valence-corrected chi connectivity index (χ3v) is 3.24. The van der Waals surface area contributed by atoms with Gasteiger partial charge in [0.15, 0.2) is 0 Å². The van der Waals surface area contributed by atoms with Gasteiger partial charge in [0, 0.05) is 12.6 Å². The number of amides is 2. The Hall–Kier alpha value is -0.810. The van der Waals surface area contributed by atoms with Crippen LogP contribution in [0.2, 0.25) is 0 Å². The minimum Gasteiger partial charge on any atom is -0.343 e. The van der Waals surface area contributed by atoms with Crippen molar-refractivity contribution in [3.63, 3.8) is 0 Å². The number of hydrogen-bond donors (Lipinski definition) is 2. The van der Waals surface area contributed by atoms with E-state index in [9.17, 15) is 9.59 Å². The first kappa shape index (κ1) is 18.2. The lowest BCUT2D eigenvalue weighted by molar-refractivity contribution is -0.134. The molecule has 2 atom stereocenters. The zero-order valence-corrected chi connectivity index (χ0v) is 13.0. The van der Waals surface area contributed by atoms with Gasteiger partial charge in [0.05, 0.1) is 6.04 Å². The highest BCUT2D eigenvalue weighted by Gasteiger charge is 2.34. The van der Waals surface area contributed by atoms with Gasteiger partial charge < -0.3 is 16.0 Å². The van der Waals surface area contributed by atoms with Crippen LogP contribution in [0.15, 0.2) is 0 Å². The van der Waals surface area contributed by atoms with Crippen LogP contribution in [0.3, 0.4) is 0 Å². The number of hydrogen-bond acceptors (Lipinski definition) is 3. The molecule has 6 heteroatoms. The maximum absolute atomic E-state index is 12.0. The van der Waals surface area contributed by atoms with Gasteiger partial charge in [-0.25, -0.2) is 0 Å². The van der Waals surface area contributed by atoms with E-state index in [1.165, 1.54) is 0 Å². The normalized spacial score (nSPS) is 20.7. The summed E-state index contributed by atoms with van der Waals surface area (Å²) in [7, 11) is 0. The third kappa shape index (κ3) is 4.99. The van der Waals surface area contributed by atoms with Crippen molar-refractivity contribution in [3.05, 3.63) is 0 Å². The van der Waals surface area contributed by atoms with Crippen LogP contribution in [0.4, 0.5) is 0 Å². The maximum atomic E-state index is 12.0. The SMILES string of the molecule is CC(C)C[C@H](N)C(=O)NC1CCN(C(C)C)C1=O.Cl. The minimum atomic E-state index is -0.522. The summed E-state index contributed by atoms with van der Waals surface area (Å²) in [5.74, 6) is 0.167. The van der Waals surface area contributed by atoms with Crippen LogP contribution in [0.1, 0.15) is 40.5 Å². The van der Waals surface area contributed by atoms with E-state index in [-0.39, 0.29) is 30.3 Å². The molecule has 2 amide bonds. The average molecular weight is 292 g/mol. The highest BCUT2D eigenvalue weighted by molar-refractivity contribution is 5.91. The monoisotopic (exact) mass is 291 g/mol. The smallest absolute Gasteiger partial charge is 0.245 e. The summed E-state index contributed by atoms with van der Waals surface area (Å²) in [5, 5.41) is 2.76. The number of carbonyl (C=O) groups excluding carboxylic acids is 2. The molecule has 1 fully saturated rings. The Morgan fingerprint density at radius 1 is 1.42 bits per heavy atom. The maximum Gasteiger partial charge on any atom is 0.245 e. The minimum absolute atomic E-state index is 0.